The second kappa shape index (κ2) is 14.3. The molecular weight excluding hydrogens is 541 g/mol. The van der Waals surface area contributed by atoms with Crippen molar-refractivity contribution in [1.82, 2.24) is 10.2 Å². The van der Waals surface area contributed by atoms with E-state index in [0.29, 0.717) is 12.1 Å². The maximum Gasteiger partial charge on any atom is 0.244 e. The van der Waals surface area contributed by atoms with Crippen LogP contribution in [-0.4, -0.2) is 50.0 Å². The molecule has 7 nitrogen and oxygen atoms in total. The number of halogens is 1. The third-order valence-corrected chi connectivity index (χ3v) is 8.24. The summed E-state index contributed by atoms with van der Waals surface area (Å²) < 4.78 is 41.7. The standard InChI is InChI=1S/C32H40FN3O4S/c1-6-24(4)34-32(38)30(20-25-12-8-7-9-13-25)35(21-27-14-10-11-15-29(27)33)31(37)22-36(41(5,39)40)28-18-16-26(17-19-28)23(2)3/h7-19,23-24,30H,6,20-22H2,1-5H3,(H,34,38). The van der Waals surface area contributed by atoms with E-state index in [9.17, 15) is 22.4 Å². The van der Waals surface area contributed by atoms with E-state index >= 15 is 0 Å². The van der Waals surface area contributed by atoms with Crippen LogP contribution < -0.4 is 9.62 Å². The Kier molecular flexibility index (Phi) is 11.1. The molecule has 0 saturated heterocycles. The molecule has 0 aliphatic rings. The van der Waals surface area contributed by atoms with Crippen LogP contribution in [0.4, 0.5) is 10.1 Å². The fourth-order valence-electron chi connectivity index (χ4n) is 4.44. The van der Waals surface area contributed by atoms with Crippen LogP contribution in [0.1, 0.15) is 56.7 Å². The molecule has 3 rings (SSSR count). The van der Waals surface area contributed by atoms with Crippen molar-refractivity contribution < 1.29 is 22.4 Å². The third-order valence-electron chi connectivity index (χ3n) is 7.10. The maximum absolute atomic E-state index is 14.8. The van der Waals surface area contributed by atoms with Crippen LogP contribution in [0.25, 0.3) is 0 Å². The summed E-state index contributed by atoms with van der Waals surface area (Å²) in [5.74, 6) is -1.28. The predicted molar refractivity (Wildman–Crippen MR) is 162 cm³/mol. The SMILES string of the molecule is CCC(C)NC(=O)C(Cc1ccccc1)N(Cc1ccccc1F)C(=O)CN(c1ccc(C(C)C)cc1)S(C)(=O)=O. The van der Waals surface area contributed by atoms with E-state index in [1.54, 1.807) is 30.3 Å². The average Bonchev–Trinajstić information content (AvgIpc) is 2.94. The molecule has 0 saturated carbocycles. The van der Waals surface area contributed by atoms with E-state index in [1.807, 2.05) is 70.2 Å². The van der Waals surface area contributed by atoms with Crippen molar-refractivity contribution in [2.45, 2.75) is 65.1 Å². The van der Waals surface area contributed by atoms with Crippen molar-refractivity contribution in [2.24, 2.45) is 0 Å². The fraction of sp³-hybridized carbons (Fsp3) is 0.375. The molecule has 41 heavy (non-hydrogen) atoms. The quantitative estimate of drug-likeness (QED) is 0.298. The van der Waals surface area contributed by atoms with E-state index in [0.717, 1.165) is 21.7 Å². The number of benzene rings is 3. The molecule has 0 heterocycles. The molecule has 3 aromatic rings. The molecule has 220 valence electrons. The van der Waals surface area contributed by atoms with Crippen LogP contribution in [0.15, 0.2) is 78.9 Å². The molecule has 0 bridgehead atoms. The molecule has 2 unspecified atom stereocenters. The lowest BCUT2D eigenvalue weighted by atomic mass is 10.0. The highest BCUT2D eigenvalue weighted by atomic mass is 32.2. The summed E-state index contributed by atoms with van der Waals surface area (Å²) in [5, 5.41) is 2.96. The number of hydrogen-bond acceptors (Lipinski definition) is 4. The highest BCUT2D eigenvalue weighted by Gasteiger charge is 2.33. The molecule has 2 amide bonds. The summed E-state index contributed by atoms with van der Waals surface area (Å²) in [6.07, 6.45) is 1.89. The normalized spacial score (nSPS) is 13.0. The van der Waals surface area contributed by atoms with E-state index < -0.39 is 34.3 Å². The Morgan fingerprint density at radius 2 is 1.51 bits per heavy atom. The van der Waals surface area contributed by atoms with Crippen LogP contribution >= 0.6 is 0 Å². The van der Waals surface area contributed by atoms with Gasteiger partial charge in [-0.3, -0.25) is 13.9 Å². The Balaban J connectivity index is 2.06. The molecule has 1 N–H and O–H groups in total. The summed E-state index contributed by atoms with van der Waals surface area (Å²) in [5.41, 5.74) is 2.40. The average molecular weight is 582 g/mol. The number of amides is 2. The molecule has 0 aliphatic heterocycles. The molecular formula is C32H40FN3O4S. The zero-order valence-electron chi connectivity index (χ0n) is 24.4. The summed E-state index contributed by atoms with van der Waals surface area (Å²) in [6, 6.07) is 21.1. The second-order valence-corrected chi connectivity index (χ2v) is 12.6. The Bertz CT molecular complexity index is 1410. The lowest BCUT2D eigenvalue weighted by Crippen LogP contribution is -2.54. The lowest BCUT2D eigenvalue weighted by Gasteiger charge is -2.34. The van der Waals surface area contributed by atoms with Crippen LogP contribution in [0.5, 0.6) is 0 Å². The summed E-state index contributed by atoms with van der Waals surface area (Å²) >= 11 is 0. The van der Waals surface area contributed by atoms with Crippen LogP contribution in [0.3, 0.4) is 0 Å². The summed E-state index contributed by atoms with van der Waals surface area (Å²) in [6.45, 7) is 7.12. The zero-order valence-corrected chi connectivity index (χ0v) is 25.2. The number of anilines is 1. The van der Waals surface area contributed by atoms with Crippen molar-refractivity contribution in [3.63, 3.8) is 0 Å². The van der Waals surface area contributed by atoms with Gasteiger partial charge in [0.2, 0.25) is 21.8 Å². The van der Waals surface area contributed by atoms with Gasteiger partial charge in [0.15, 0.2) is 0 Å². The molecule has 0 spiro atoms. The monoisotopic (exact) mass is 581 g/mol. The van der Waals surface area contributed by atoms with Crippen molar-refractivity contribution in [2.75, 3.05) is 17.1 Å². The van der Waals surface area contributed by atoms with Gasteiger partial charge < -0.3 is 10.2 Å². The number of rotatable bonds is 13. The number of nitrogens with zero attached hydrogens (tertiary/aromatic N) is 2. The van der Waals surface area contributed by atoms with E-state index in [4.69, 9.17) is 0 Å². The minimum Gasteiger partial charge on any atom is -0.352 e. The Labute approximate surface area is 243 Å². The number of nitrogens with one attached hydrogen (secondary N) is 1. The largest absolute Gasteiger partial charge is 0.352 e. The Morgan fingerprint density at radius 1 is 0.902 bits per heavy atom. The van der Waals surface area contributed by atoms with Gasteiger partial charge in [-0.05, 0) is 48.6 Å². The van der Waals surface area contributed by atoms with Gasteiger partial charge in [0.05, 0.1) is 11.9 Å². The van der Waals surface area contributed by atoms with Crippen molar-refractivity contribution in [1.29, 1.82) is 0 Å². The first-order valence-electron chi connectivity index (χ1n) is 13.9. The number of hydrogen-bond donors (Lipinski definition) is 1. The number of sulfonamides is 1. The third kappa shape index (κ3) is 8.88. The number of carbonyl (C=O) groups excluding carboxylic acids is 2. The van der Waals surface area contributed by atoms with Crippen molar-refractivity contribution in [3.8, 4) is 0 Å². The van der Waals surface area contributed by atoms with Gasteiger partial charge in [-0.1, -0.05) is 81.4 Å². The van der Waals surface area contributed by atoms with Gasteiger partial charge in [-0.25, -0.2) is 12.8 Å². The maximum atomic E-state index is 14.8. The van der Waals surface area contributed by atoms with Gasteiger partial charge in [-0.15, -0.1) is 0 Å². The smallest absolute Gasteiger partial charge is 0.244 e. The highest BCUT2D eigenvalue weighted by molar-refractivity contribution is 7.92. The fourth-order valence-corrected chi connectivity index (χ4v) is 5.29. The van der Waals surface area contributed by atoms with E-state index in [-0.39, 0.29) is 36.4 Å². The first-order chi connectivity index (χ1) is 19.4. The van der Waals surface area contributed by atoms with Crippen LogP contribution in [0.2, 0.25) is 0 Å². The van der Waals surface area contributed by atoms with Crippen LogP contribution in [-0.2, 0) is 32.6 Å². The first kappa shape index (κ1) is 31.8. The van der Waals surface area contributed by atoms with Gasteiger partial charge in [0.1, 0.15) is 18.4 Å². The molecule has 0 radical (unpaired) electrons. The topological polar surface area (TPSA) is 86.8 Å². The molecule has 0 aliphatic carbocycles. The molecule has 9 heteroatoms. The Hall–Kier alpha value is -3.72. The predicted octanol–water partition coefficient (Wildman–Crippen LogP) is 5.27. The first-order valence-corrected chi connectivity index (χ1v) is 15.7. The molecule has 0 aromatic heterocycles. The van der Waals surface area contributed by atoms with Crippen molar-refractivity contribution in [3.05, 3.63) is 101 Å². The van der Waals surface area contributed by atoms with Crippen LogP contribution in [0, 0.1) is 5.82 Å². The molecule has 3 aromatic carbocycles. The van der Waals surface area contributed by atoms with E-state index in [1.165, 1.54) is 11.0 Å². The minimum atomic E-state index is -3.88. The van der Waals surface area contributed by atoms with Gasteiger partial charge >= 0.3 is 0 Å². The molecule has 2 atom stereocenters. The van der Waals surface area contributed by atoms with E-state index in [2.05, 4.69) is 5.32 Å². The van der Waals surface area contributed by atoms with Gasteiger partial charge in [0.25, 0.3) is 0 Å². The molecule has 0 fully saturated rings. The lowest BCUT2D eigenvalue weighted by molar-refractivity contribution is -0.140. The highest BCUT2D eigenvalue weighted by Crippen LogP contribution is 2.24. The number of carbonyl (C=O) groups is 2. The van der Waals surface area contributed by atoms with Gasteiger partial charge in [-0.2, -0.15) is 0 Å². The zero-order chi connectivity index (χ0) is 30.2. The Morgan fingerprint density at radius 3 is 2.07 bits per heavy atom. The summed E-state index contributed by atoms with van der Waals surface area (Å²) in [4.78, 5) is 29.0. The second-order valence-electron chi connectivity index (χ2n) is 10.7. The van der Waals surface area contributed by atoms with Gasteiger partial charge in [0, 0.05) is 24.6 Å². The minimum absolute atomic E-state index is 0.154. The summed E-state index contributed by atoms with van der Waals surface area (Å²) in [7, 11) is -3.88. The van der Waals surface area contributed by atoms with Crippen molar-refractivity contribution >= 4 is 27.5 Å².